The van der Waals surface area contributed by atoms with Crippen LogP contribution in [0.1, 0.15) is 49.6 Å². The number of hydrogen-bond acceptors (Lipinski definition) is 7. The fourth-order valence-corrected chi connectivity index (χ4v) is 5.76. The van der Waals surface area contributed by atoms with Gasteiger partial charge in [0.15, 0.2) is 15.6 Å². The Bertz CT molecular complexity index is 1480. The first-order chi connectivity index (χ1) is 17.7. The molecule has 0 bridgehead atoms. The summed E-state index contributed by atoms with van der Waals surface area (Å²) in [4.78, 5) is 46.2. The van der Waals surface area contributed by atoms with Crippen molar-refractivity contribution >= 4 is 33.4 Å². The van der Waals surface area contributed by atoms with E-state index in [-0.39, 0.29) is 63.9 Å². The van der Waals surface area contributed by atoms with E-state index in [2.05, 4.69) is 10.3 Å². The molecule has 12 heteroatoms. The zero-order chi connectivity index (χ0) is 26.9. The highest BCUT2D eigenvalue weighted by Crippen LogP contribution is 2.46. The van der Waals surface area contributed by atoms with Gasteiger partial charge in [0.25, 0.3) is 0 Å². The Balaban J connectivity index is 2.04. The number of Topliss-reactive ketones (excluding diaryl/α,β-unsaturated/α-hetero) is 1. The van der Waals surface area contributed by atoms with Gasteiger partial charge < -0.3 is 5.32 Å². The van der Waals surface area contributed by atoms with E-state index < -0.39 is 34.6 Å². The van der Waals surface area contributed by atoms with Gasteiger partial charge in [0.05, 0.1) is 33.7 Å². The lowest BCUT2D eigenvalue weighted by Crippen LogP contribution is -2.55. The molecule has 1 aliphatic carbocycles. The first kappa shape index (κ1) is 26.0. The highest BCUT2D eigenvalue weighted by atomic mass is 32.2. The summed E-state index contributed by atoms with van der Waals surface area (Å²) in [7, 11) is -3.93. The fraction of sp³-hybridized carbons (Fsp3) is 0.320. The molecule has 37 heavy (non-hydrogen) atoms. The van der Waals surface area contributed by atoms with E-state index in [4.69, 9.17) is 0 Å². The highest BCUT2D eigenvalue weighted by molar-refractivity contribution is 7.91. The van der Waals surface area contributed by atoms with Gasteiger partial charge in [0.1, 0.15) is 12.7 Å². The zero-order valence-electron chi connectivity index (χ0n) is 20.2. The number of amides is 4. The summed E-state index contributed by atoms with van der Waals surface area (Å²) in [5.74, 6) is -0.651. The van der Waals surface area contributed by atoms with Gasteiger partial charge in [-0.2, -0.15) is 5.26 Å². The molecular weight excluding hydrogens is 501 g/mol. The number of carbonyl (C=O) groups excluding carboxylic acids is 3. The number of imide groups is 1. The Morgan fingerprint density at radius 1 is 1.22 bits per heavy atom. The van der Waals surface area contributed by atoms with E-state index in [1.54, 1.807) is 6.92 Å². The van der Waals surface area contributed by atoms with Crippen LogP contribution < -0.4 is 10.2 Å². The van der Waals surface area contributed by atoms with Crippen LogP contribution in [-0.4, -0.2) is 48.4 Å². The van der Waals surface area contributed by atoms with Gasteiger partial charge in [-0.3, -0.25) is 14.7 Å². The molecule has 4 rings (SSSR count). The monoisotopic (exact) mass is 525 g/mol. The quantitative estimate of drug-likeness (QED) is 0.608. The standard InChI is InChI=1S/C25H24FN5O5S/c1-3-28-24(33)31-23(18-6-5-15(14-27)11-21(18)37(35,36)4-2)22-19(7-8-20(22)32)30(25(31)34)17-9-10-29-16(12-17)13-26/h5-6,9-12,23H,3-4,7-8,13H2,1-2H3,(H,28,33). The number of nitrogens with one attached hydrogen (secondary N) is 1. The Morgan fingerprint density at radius 3 is 2.62 bits per heavy atom. The second-order valence-corrected chi connectivity index (χ2v) is 10.7. The van der Waals surface area contributed by atoms with Gasteiger partial charge in [-0.25, -0.2) is 27.3 Å². The number of halogens is 1. The van der Waals surface area contributed by atoms with Crippen molar-refractivity contribution in [1.82, 2.24) is 15.2 Å². The maximum absolute atomic E-state index is 14.0. The predicted octanol–water partition coefficient (Wildman–Crippen LogP) is 3.55. The number of rotatable bonds is 6. The Hall–Kier alpha value is -4.11. The molecule has 1 N–H and O–H groups in total. The van der Waals surface area contributed by atoms with Gasteiger partial charge in [0, 0.05) is 30.4 Å². The second-order valence-electron chi connectivity index (χ2n) is 8.42. The molecular formula is C25H24FN5O5S. The molecule has 2 aliphatic rings. The number of carbonyl (C=O) groups is 3. The summed E-state index contributed by atoms with van der Waals surface area (Å²) >= 11 is 0. The number of aromatic nitrogens is 1. The lowest BCUT2D eigenvalue weighted by atomic mass is 9.92. The maximum Gasteiger partial charge on any atom is 0.337 e. The van der Waals surface area contributed by atoms with Gasteiger partial charge in [-0.05, 0) is 43.2 Å². The molecule has 1 aromatic carbocycles. The van der Waals surface area contributed by atoms with Gasteiger partial charge in [-0.15, -0.1) is 0 Å². The Kier molecular flexibility index (Phi) is 7.09. The van der Waals surface area contributed by atoms with Gasteiger partial charge in [-0.1, -0.05) is 13.0 Å². The van der Waals surface area contributed by atoms with E-state index in [0.717, 1.165) is 4.90 Å². The van der Waals surface area contributed by atoms with Crippen LogP contribution >= 0.6 is 0 Å². The lowest BCUT2D eigenvalue weighted by Gasteiger charge is -2.41. The molecule has 1 atom stereocenters. The Labute approximate surface area is 213 Å². The van der Waals surface area contributed by atoms with Crippen molar-refractivity contribution in [3.8, 4) is 6.07 Å². The number of nitriles is 1. The van der Waals surface area contributed by atoms with Crippen molar-refractivity contribution in [2.75, 3.05) is 17.2 Å². The number of nitrogens with zero attached hydrogens (tertiary/aromatic N) is 4. The largest absolute Gasteiger partial charge is 0.338 e. The molecule has 0 saturated carbocycles. The molecule has 10 nitrogen and oxygen atoms in total. The van der Waals surface area contributed by atoms with Crippen LogP contribution in [0.15, 0.2) is 52.7 Å². The number of ketones is 1. The molecule has 1 aromatic heterocycles. The average Bonchev–Trinajstić information content (AvgIpc) is 3.28. The van der Waals surface area contributed by atoms with Crippen LogP contribution in [-0.2, 0) is 21.3 Å². The number of anilines is 1. The smallest absolute Gasteiger partial charge is 0.337 e. The number of alkyl halides is 1. The highest BCUT2D eigenvalue weighted by Gasteiger charge is 2.49. The van der Waals surface area contributed by atoms with E-state index in [9.17, 15) is 32.5 Å². The molecule has 0 radical (unpaired) electrons. The molecule has 2 heterocycles. The van der Waals surface area contributed by atoms with Crippen LogP contribution in [0, 0.1) is 11.3 Å². The minimum atomic E-state index is -3.93. The molecule has 192 valence electrons. The minimum Gasteiger partial charge on any atom is -0.338 e. The number of sulfone groups is 1. The van der Waals surface area contributed by atoms with Gasteiger partial charge >= 0.3 is 12.1 Å². The summed E-state index contributed by atoms with van der Waals surface area (Å²) in [6.07, 6.45) is 1.53. The number of allylic oxidation sites excluding steroid dienone is 1. The molecule has 4 amide bonds. The summed E-state index contributed by atoms with van der Waals surface area (Å²) in [5.41, 5.74) is 0.812. The topological polar surface area (TPSA) is 141 Å². The van der Waals surface area contributed by atoms with Crippen LogP contribution in [0.25, 0.3) is 0 Å². The SMILES string of the molecule is CCNC(=O)N1C(=O)N(c2ccnc(CF)c2)C2=C(C(=O)CC2)C1c1ccc(C#N)cc1S(=O)(=O)CC. The van der Waals surface area contributed by atoms with Gasteiger partial charge in [0.2, 0.25) is 0 Å². The fourth-order valence-electron chi connectivity index (χ4n) is 4.60. The van der Waals surface area contributed by atoms with E-state index in [1.165, 1.54) is 48.4 Å². The molecule has 1 unspecified atom stereocenters. The van der Waals surface area contributed by atoms with E-state index >= 15 is 0 Å². The summed E-state index contributed by atoms with van der Waals surface area (Å²) in [6, 6.07) is 5.66. The predicted molar refractivity (Wildman–Crippen MR) is 131 cm³/mol. The number of hydrogen-bond donors (Lipinski definition) is 1. The lowest BCUT2D eigenvalue weighted by molar-refractivity contribution is -0.115. The number of urea groups is 2. The van der Waals surface area contributed by atoms with Crippen molar-refractivity contribution in [3.63, 3.8) is 0 Å². The minimum absolute atomic E-state index is 0.0430. The van der Waals surface area contributed by atoms with Crippen LogP contribution in [0.2, 0.25) is 0 Å². The summed E-state index contributed by atoms with van der Waals surface area (Å²) in [5, 5.41) is 11.9. The number of benzene rings is 1. The van der Waals surface area contributed by atoms with Crippen LogP contribution in [0.5, 0.6) is 0 Å². The molecule has 1 aliphatic heterocycles. The van der Waals surface area contributed by atoms with Crippen molar-refractivity contribution in [1.29, 1.82) is 5.26 Å². The van der Waals surface area contributed by atoms with Crippen molar-refractivity contribution < 1.29 is 27.2 Å². The molecule has 0 fully saturated rings. The first-order valence-electron chi connectivity index (χ1n) is 11.6. The molecule has 0 saturated heterocycles. The maximum atomic E-state index is 14.0. The molecule has 2 aromatic rings. The van der Waals surface area contributed by atoms with Crippen molar-refractivity contribution in [2.24, 2.45) is 0 Å². The first-order valence-corrected chi connectivity index (χ1v) is 13.3. The average molecular weight is 526 g/mol. The molecule has 0 spiro atoms. The van der Waals surface area contributed by atoms with E-state index in [1.807, 2.05) is 6.07 Å². The third-order valence-corrected chi connectivity index (χ3v) is 8.08. The number of pyridine rings is 1. The van der Waals surface area contributed by atoms with Crippen LogP contribution in [0.4, 0.5) is 19.7 Å². The van der Waals surface area contributed by atoms with Crippen molar-refractivity contribution in [2.45, 2.75) is 44.3 Å². The van der Waals surface area contributed by atoms with Crippen molar-refractivity contribution in [3.05, 3.63) is 64.6 Å². The summed E-state index contributed by atoms with van der Waals surface area (Å²) in [6.45, 7) is 2.36. The Morgan fingerprint density at radius 2 is 1.97 bits per heavy atom. The normalized spacial score (nSPS) is 17.6. The second kappa shape index (κ2) is 10.1. The third-order valence-electron chi connectivity index (χ3n) is 6.29. The van der Waals surface area contributed by atoms with E-state index in [0.29, 0.717) is 5.70 Å². The summed E-state index contributed by atoms with van der Waals surface area (Å²) < 4.78 is 39.5. The van der Waals surface area contributed by atoms with Crippen LogP contribution in [0.3, 0.4) is 0 Å². The third kappa shape index (κ3) is 4.46. The zero-order valence-corrected chi connectivity index (χ0v) is 21.0.